The highest BCUT2D eigenvalue weighted by molar-refractivity contribution is 8.46. The summed E-state index contributed by atoms with van der Waals surface area (Å²) in [6, 6.07) is 0. The predicted octanol–water partition coefficient (Wildman–Crippen LogP) is 1.97. The summed E-state index contributed by atoms with van der Waals surface area (Å²) in [5, 5.41) is 0. The molecular weight excluding hydrogens is 134 g/mol. The molecule has 0 amide bonds. The third kappa shape index (κ3) is 10.6. The van der Waals surface area contributed by atoms with Crippen LogP contribution in [0.2, 0.25) is 0 Å². The smallest absolute Gasteiger partial charge is 0.0178 e. The second-order valence-corrected chi connectivity index (χ2v) is 5.74. The SMILES string of the molecule is P=S(Cl)Cl. The van der Waals surface area contributed by atoms with Crippen molar-refractivity contribution in [1.82, 2.24) is 0 Å². The molecule has 0 heterocycles. The van der Waals surface area contributed by atoms with Gasteiger partial charge < -0.3 is 0 Å². The van der Waals surface area contributed by atoms with Gasteiger partial charge in [-0.05, 0) is 21.4 Å². The Hall–Kier alpha value is 1.23. The Kier molecular flexibility index (Phi) is 3.22. The van der Waals surface area contributed by atoms with Crippen LogP contribution in [0.1, 0.15) is 0 Å². The largest absolute Gasteiger partial charge is 0.0585 e. The van der Waals surface area contributed by atoms with Crippen molar-refractivity contribution in [2.75, 3.05) is 0 Å². The fourth-order valence-corrected chi connectivity index (χ4v) is 0. The molecule has 4 heavy (non-hydrogen) atoms. The number of halogens is 2. The molecule has 0 radical (unpaired) electrons. The van der Waals surface area contributed by atoms with Crippen LogP contribution in [0.25, 0.3) is 0 Å². The molecule has 0 aromatic heterocycles. The Labute approximate surface area is 38.3 Å². The molecule has 0 fully saturated rings. The van der Waals surface area contributed by atoms with Gasteiger partial charge in [-0.15, -0.1) is 0 Å². The molecule has 0 aromatic rings. The van der Waals surface area contributed by atoms with E-state index in [0.717, 1.165) is 0 Å². The molecule has 0 rings (SSSR count). The summed E-state index contributed by atoms with van der Waals surface area (Å²) in [5.41, 5.74) is 0. The van der Waals surface area contributed by atoms with Gasteiger partial charge in [0.15, 0.2) is 0 Å². The molecule has 0 unspecified atom stereocenters. The minimum Gasteiger partial charge on any atom is -0.0585 e. The van der Waals surface area contributed by atoms with Gasteiger partial charge in [-0.2, -0.15) is 0 Å². The molecule has 0 nitrogen and oxygen atoms in total. The Balaban J connectivity index is 2.80. The number of hydrogen-bond acceptors (Lipinski definition) is 0. The highest BCUT2D eigenvalue weighted by Crippen LogP contribution is 1.99. The Morgan fingerprint density at radius 2 is 1.50 bits per heavy atom. The molecule has 0 N–H and O–H groups in total. The van der Waals surface area contributed by atoms with Gasteiger partial charge in [0.05, 0.1) is 0 Å². The standard InChI is InChI=1S/Cl2HPS/c1-4(2)3/h3H. The van der Waals surface area contributed by atoms with Gasteiger partial charge >= 0.3 is 0 Å². The van der Waals surface area contributed by atoms with Crippen molar-refractivity contribution < 1.29 is 0 Å². The minimum atomic E-state index is -0.611. The first-order valence-corrected chi connectivity index (χ1v) is 4.61. The lowest BCUT2D eigenvalue weighted by molar-refractivity contribution is 4.94. The molecule has 0 atom stereocenters. The second-order valence-electron chi connectivity index (χ2n) is 0.213. The van der Waals surface area contributed by atoms with E-state index in [1.807, 2.05) is 0 Å². The summed E-state index contributed by atoms with van der Waals surface area (Å²) in [6.45, 7) is 0. The van der Waals surface area contributed by atoms with Crippen molar-refractivity contribution in [1.29, 1.82) is 0 Å². The molecule has 0 bridgehead atoms. The second kappa shape index (κ2) is 2.47. The van der Waals surface area contributed by atoms with E-state index in [9.17, 15) is 0 Å². The van der Waals surface area contributed by atoms with Gasteiger partial charge in [-0.1, -0.05) is 8.02 Å². The van der Waals surface area contributed by atoms with Crippen molar-refractivity contribution in [2.45, 2.75) is 0 Å². The van der Waals surface area contributed by atoms with Crippen LogP contribution in [0.3, 0.4) is 0 Å². The van der Waals surface area contributed by atoms with Gasteiger partial charge in [0.1, 0.15) is 0 Å². The van der Waals surface area contributed by atoms with E-state index in [1.165, 1.54) is 0 Å². The molecule has 0 aliphatic heterocycles. The molecule has 0 aliphatic rings. The summed E-state index contributed by atoms with van der Waals surface area (Å²) in [7, 11) is 12.2. The van der Waals surface area contributed by atoms with Gasteiger partial charge in [0, 0.05) is 8.50 Å². The Morgan fingerprint density at radius 3 is 1.50 bits per heavy atom. The fraction of sp³-hybridized carbons (Fsp3) is 0. The highest BCUT2D eigenvalue weighted by Gasteiger charge is 1.57. The van der Waals surface area contributed by atoms with Crippen LogP contribution in [-0.4, -0.2) is 0 Å². The van der Waals surface area contributed by atoms with Crippen molar-refractivity contribution in [2.24, 2.45) is 0 Å². The van der Waals surface area contributed by atoms with E-state index in [-0.39, 0.29) is 0 Å². The lowest BCUT2D eigenvalue weighted by atomic mass is 30.5. The Bertz CT molecular complexity index is 29.0. The van der Waals surface area contributed by atoms with E-state index in [4.69, 9.17) is 21.4 Å². The average molecular weight is 135 g/mol. The molecule has 0 saturated carbocycles. The topological polar surface area (TPSA) is 0 Å². The number of hydrogen-bond donors (Lipinski definition) is 0. The zero-order chi connectivity index (χ0) is 3.58. The number of rotatable bonds is 0. The first kappa shape index (κ1) is 5.23. The van der Waals surface area contributed by atoms with Crippen molar-refractivity contribution in [3.8, 4) is 0 Å². The zero-order valence-electron chi connectivity index (χ0n) is 1.66. The van der Waals surface area contributed by atoms with Crippen LogP contribution in [0.4, 0.5) is 0 Å². The Morgan fingerprint density at radius 1 is 1.50 bits per heavy atom. The monoisotopic (exact) mass is 134 g/mol. The summed E-state index contributed by atoms with van der Waals surface area (Å²) in [6.07, 6.45) is 0. The summed E-state index contributed by atoms with van der Waals surface area (Å²) >= 11 is 0. The van der Waals surface area contributed by atoms with Crippen LogP contribution in [-0.2, 0) is 8.50 Å². The maximum absolute atomic E-state index is 4.98. The van der Waals surface area contributed by atoms with Gasteiger partial charge in [-0.3, -0.25) is 0 Å². The molecule has 26 valence electrons. The van der Waals surface area contributed by atoms with Crippen LogP contribution in [0, 0.1) is 0 Å². The van der Waals surface area contributed by atoms with E-state index in [2.05, 4.69) is 8.02 Å². The van der Waals surface area contributed by atoms with Gasteiger partial charge in [0.25, 0.3) is 0 Å². The predicted molar refractivity (Wildman–Crippen MR) is 27.4 cm³/mol. The molecular formula is HCl2PS. The third-order valence-electron chi connectivity index (χ3n) is 0. The van der Waals surface area contributed by atoms with E-state index < -0.39 is 8.50 Å². The lowest BCUT2D eigenvalue weighted by Crippen LogP contribution is -1.26. The highest BCUT2D eigenvalue weighted by atomic mass is 36.0. The van der Waals surface area contributed by atoms with Crippen LogP contribution >= 0.6 is 29.4 Å². The van der Waals surface area contributed by atoms with E-state index in [1.54, 1.807) is 0 Å². The van der Waals surface area contributed by atoms with Crippen molar-refractivity contribution >= 4 is 37.9 Å². The molecule has 4 heteroatoms. The van der Waals surface area contributed by atoms with Gasteiger partial charge in [0.2, 0.25) is 0 Å². The first-order valence-electron chi connectivity index (χ1n) is 0.513. The van der Waals surface area contributed by atoms with Crippen LogP contribution < -0.4 is 0 Å². The normalized spacial score (nSPS) is 8.75. The molecule has 0 aliphatic carbocycles. The van der Waals surface area contributed by atoms with Gasteiger partial charge in [-0.25, -0.2) is 0 Å². The summed E-state index contributed by atoms with van der Waals surface area (Å²) < 4.78 is 0. The van der Waals surface area contributed by atoms with Crippen molar-refractivity contribution in [3.63, 3.8) is 0 Å². The van der Waals surface area contributed by atoms with Crippen LogP contribution in [0.15, 0.2) is 0 Å². The zero-order valence-corrected chi connectivity index (χ0v) is 4.99. The third-order valence-corrected chi connectivity index (χ3v) is 0. The van der Waals surface area contributed by atoms with Crippen LogP contribution in [0.5, 0.6) is 0 Å². The summed E-state index contributed by atoms with van der Waals surface area (Å²) in [5.74, 6) is 0. The quantitative estimate of drug-likeness (QED) is 0.445. The minimum absolute atomic E-state index is 0.611. The molecule has 0 aromatic carbocycles. The summed E-state index contributed by atoms with van der Waals surface area (Å²) in [4.78, 5) is 0. The lowest BCUT2D eigenvalue weighted by Gasteiger charge is -1.59. The maximum atomic E-state index is 4.98. The fourth-order valence-electron chi connectivity index (χ4n) is 0. The first-order chi connectivity index (χ1) is 1.73. The van der Waals surface area contributed by atoms with Crippen molar-refractivity contribution in [3.05, 3.63) is 0 Å². The maximum Gasteiger partial charge on any atom is 0.0178 e. The van der Waals surface area contributed by atoms with E-state index in [0.29, 0.717) is 0 Å². The molecule has 0 saturated heterocycles. The average Bonchev–Trinajstić information content (AvgIpc) is 0.811. The van der Waals surface area contributed by atoms with E-state index >= 15 is 0 Å². The molecule has 0 spiro atoms.